The second kappa shape index (κ2) is 7.83. The Morgan fingerprint density at radius 3 is 2.76 bits per heavy atom. The van der Waals surface area contributed by atoms with Crippen molar-refractivity contribution in [3.8, 4) is 0 Å². The van der Waals surface area contributed by atoms with Gasteiger partial charge in [-0.1, -0.05) is 59.3 Å². The molecule has 1 N–H and O–H groups in total. The number of fused-ring (bicyclic) bond motifs is 1. The predicted octanol–water partition coefficient (Wildman–Crippen LogP) is 3.60. The van der Waals surface area contributed by atoms with Crippen LogP contribution in [0.4, 0.5) is 0 Å². The Hall–Kier alpha value is -2.14. The second-order valence-electron chi connectivity index (χ2n) is 6.14. The molecular formula is C20H21BrN2O2. The fraction of sp³-hybridized carbons (Fsp3) is 0.300. The van der Waals surface area contributed by atoms with Crippen molar-refractivity contribution >= 4 is 27.7 Å². The highest BCUT2D eigenvalue weighted by atomic mass is 79.9. The molecule has 25 heavy (non-hydrogen) atoms. The maximum absolute atomic E-state index is 12.9. The van der Waals surface area contributed by atoms with Gasteiger partial charge in [0, 0.05) is 24.0 Å². The minimum absolute atomic E-state index is 0.0112. The Bertz CT molecular complexity index is 791. The number of nitrogens with one attached hydrogen (secondary N) is 1. The van der Waals surface area contributed by atoms with Gasteiger partial charge in [0.15, 0.2) is 0 Å². The van der Waals surface area contributed by atoms with Crippen molar-refractivity contribution in [2.45, 2.75) is 32.4 Å². The number of rotatable bonds is 4. The topological polar surface area (TPSA) is 49.4 Å². The lowest BCUT2D eigenvalue weighted by Crippen LogP contribution is -2.46. The first-order valence-corrected chi connectivity index (χ1v) is 9.29. The third-order valence-corrected chi connectivity index (χ3v) is 5.00. The van der Waals surface area contributed by atoms with Crippen molar-refractivity contribution in [3.05, 3.63) is 69.7 Å². The smallest absolute Gasteiger partial charge is 0.247 e. The summed E-state index contributed by atoms with van der Waals surface area (Å²) in [7, 11) is 0. The quantitative estimate of drug-likeness (QED) is 0.851. The molecule has 130 valence electrons. The summed E-state index contributed by atoms with van der Waals surface area (Å²) in [6, 6.07) is 15.2. The van der Waals surface area contributed by atoms with E-state index in [1.165, 1.54) is 0 Å². The van der Waals surface area contributed by atoms with Gasteiger partial charge in [0.1, 0.15) is 6.04 Å². The third-order valence-electron chi connectivity index (χ3n) is 4.51. The first-order chi connectivity index (χ1) is 12.1. The number of nitrogens with zero attached hydrogens (tertiary/aromatic N) is 1. The Morgan fingerprint density at radius 1 is 1.20 bits per heavy atom. The molecule has 2 amide bonds. The average Bonchev–Trinajstić information content (AvgIpc) is 2.64. The summed E-state index contributed by atoms with van der Waals surface area (Å²) >= 11 is 3.44. The molecule has 1 atom stereocenters. The standard InChI is InChI=1S/C20H21BrN2O2/c1-2-18(24)23-11-10-15-7-3-4-9-17(15)19(23)20(25)22-13-14-6-5-8-16(21)12-14/h3-9,12,19H,2,10-11,13H2,1H3,(H,22,25)/t19-/m1/s1. The molecule has 5 heteroatoms. The fourth-order valence-electron chi connectivity index (χ4n) is 3.25. The second-order valence-corrected chi connectivity index (χ2v) is 7.06. The first kappa shape index (κ1) is 17.7. The summed E-state index contributed by atoms with van der Waals surface area (Å²) < 4.78 is 0.977. The van der Waals surface area contributed by atoms with Crippen LogP contribution < -0.4 is 5.32 Å². The number of halogens is 1. The van der Waals surface area contributed by atoms with Gasteiger partial charge in [0.2, 0.25) is 11.8 Å². The van der Waals surface area contributed by atoms with Crippen LogP contribution in [0, 0.1) is 0 Å². The Kier molecular flexibility index (Phi) is 5.53. The molecule has 1 aliphatic rings. The van der Waals surface area contributed by atoms with Gasteiger partial charge in [-0.25, -0.2) is 0 Å². The Morgan fingerprint density at radius 2 is 2.00 bits per heavy atom. The summed E-state index contributed by atoms with van der Waals surface area (Å²) in [4.78, 5) is 27.0. The minimum atomic E-state index is -0.551. The van der Waals surface area contributed by atoms with Crippen LogP contribution in [-0.4, -0.2) is 23.3 Å². The molecule has 0 aliphatic carbocycles. The summed E-state index contributed by atoms with van der Waals surface area (Å²) in [5.74, 6) is -0.119. The van der Waals surface area contributed by atoms with Crippen molar-refractivity contribution in [3.63, 3.8) is 0 Å². The minimum Gasteiger partial charge on any atom is -0.350 e. The molecular weight excluding hydrogens is 380 g/mol. The maximum Gasteiger partial charge on any atom is 0.247 e. The largest absolute Gasteiger partial charge is 0.350 e. The average molecular weight is 401 g/mol. The van der Waals surface area contributed by atoms with E-state index in [2.05, 4.69) is 21.2 Å². The van der Waals surface area contributed by atoms with Gasteiger partial charge in [0.25, 0.3) is 0 Å². The zero-order valence-corrected chi connectivity index (χ0v) is 15.8. The highest BCUT2D eigenvalue weighted by molar-refractivity contribution is 9.10. The van der Waals surface area contributed by atoms with Crippen molar-refractivity contribution in [2.75, 3.05) is 6.54 Å². The molecule has 3 rings (SSSR count). The van der Waals surface area contributed by atoms with Crippen LogP contribution in [0.3, 0.4) is 0 Å². The van der Waals surface area contributed by atoms with E-state index in [4.69, 9.17) is 0 Å². The lowest BCUT2D eigenvalue weighted by atomic mass is 9.91. The molecule has 0 radical (unpaired) electrons. The lowest BCUT2D eigenvalue weighted by Gasteiger charge is -2.36. The van der Waals surface area contributed by atoms with Gasteiger partial charge in [0.05, 0.1) is 0 Å². The predicted molar refractivity (Wildman–Crippen MR) is 101 cm³/mol. The monoisotopic (exact) mass is 400 g/mol. The van der Waals surface area contributed by atoms with Gasteiger partial charge < -0.3 is 10.2 Å². The van der Waals surface area contributed by atoms with Gasteiger partial charge in [-0.3, -0.25) is 9.59 Å². The molecule has 1 aliphatic heterocycles. The first-order valence-electron chi connectivity index (χ1n) is 8.49. The third kappa shape index (κ3) is 3.93. The van der Waals surface area contributed by atoms with E-state index in [9.17, 15) is 9.59 Å². The van der Waals surface area contributed by atoms with Crippen LogP contribution in [0.15, 0.2) is 53.0 Å². The van der Waals surface area contributed by atoms with Crippen LogP contribution in [0.5, 0.6) is 0 Å². The van der Waals surface area contributed by atoms with Crippen LogP contribution in [0.25, 0.3) is 0 Å². The van der Waals surface area contributed by atoms with E-state index >= 15 is 0 Å². The van der Waals surface area contributed by atoms with Crippen LogP contribution in [-0.2, 0) is 22.6 Å². The van der Waals surface area contributed by atoms with Crippen LogP contribution >= 0.6 is 15.9 Å². The molecule has 0 unspecified atom stereocenters. The zero-order valence-electron chi connectivity index (χ0n) is 14.2. The highest BCUT2D eigenvalue weighted by Crippen LogP contribution is 2.30. The summed E-state index contributed by atoms with van der Waals surface area (Å²) in [5.41, 5.74) is 3.09. The molecule has 1 heterocycles. The highest BCUT2D eigenvalue weighted by Gasteiger charge is 2.34. The van der Waals surface area contributed by atoms with E-state index in [-0.39, 0.29) is 11.8 Å². The number of carbonyl (C=O) groups excluding carboxylic acids is 2. The summed E-state index contributed by atoms with van der Waals surface area (Å²) in [6.07, 6.45) is 1.19. The van der Waals surface area contributed by atoms with Crippen LogP contribution in [0.1, 0.15) is 36.1 Å². The fourth-order valence-corrected chi connectivity index (χ4v) is 3.70. The van der Waals surface area contributed by atoms with Crippen molar-refractivity contribution in [1.29, 1.82) is 0 Å². The molecule has 0 aromatic heterocycles. The molecule has 0 saturated carbocycles. The van der Waals surface area contributed by atoms with Crippen molar-refractivity contribution in [2.24, 2.45) is 0 Å². The number of hydrogen-bond donors (Lipinski definition) is 1. The number of hydrogen-bond acceptors (Lipinski definition) is 2. The normalized spacial score (nSPS) is 16.2. The molecule has 0 bridgehead atoms. The summed E-state index contributed by atoms with van der Waals surface area (Å²) in [5, 5.41) is 2.99. The molecule has 0 fully saturated rings. The molecule has 2 aromatic carbocycles. The molecule has 4 nitrogen and oxygen atoms in total. The van der Waals surface area contributed by atoms with Crippen LogP contribution in [0.2, 0.25) is 0 Å². The van der Waals surface area contributed by atoms with Crippen molar-refractivity contribution in [1.82, 2.24) is 10.2 Å². The van der Waals surface area contributed by atoms with Gasteiger partial charge in [-0.15, -0.1) is 0 Å². The molecule has 0 saturated heterocycles. The van der Waals surface area contributed by atoms with E-state index in [1.54, 1.807) is 4.90 Å². The van der Waals surface area contributed by atoms with E-state index in [0.717, 1.165) is 27.6 Å². The molecule has 2 aromatic rings. The zero-order chi connectivity index (χ0) is 17.8. The number of amides is 2. The van der Waals surface area contributed by atoms with Crippen molar-refractivity contribution < 1.29 is 9.59 Å². The number of carbonyl (C=O) groups is 2. The van der Waals surface area contributed by atoms with E-state index in [1.807, 2.05) is 55.5 Å². The van der Waals surface area contributed by atoms with E-state index < -0.39 is 6.04 Å². The Balaban J connectivity index is 1.82. The van der Waals surface area contributed by atoms with Gasteiger partial charge in [-0.05, 0) is 35.2 Å². The van der Waals surface area contributed by atoms with Gasteiger partial charge >= 0.3 is 0 Å². The number of benzene rings is 2. The van der Waals surface area contributed by atoms with E-state index in [0.29, 0.717) is 19.5 Å². The lowest BCUT2D eigenvalue weighted by molar-refractivity contribution is -0.141. The maximum atomic E-state index is 12.9. The Labute approximate surface area is 156 Å². The SMILES string of the molecule is CCC(=O)N1CCc2ccccc2[C@@H]1C(=O)NCc1cccc(Br)c1. The molecule has 0 spiro atoms. The summed E-state index contributed by atoms with van der Waals surface area (Å²) in [6.45, 7) is 2.85. The van der Waals surface area contributed by atoms with Gasteiger partial charge in [-0.2, -0.15) is 0 Å².